The molecule has 3 N–H and O–H groups in total. The second-order valence-electron chi connectivity index (χ2n) is 3.82. The second kappa shape index (κ2) is 4.78. The number of hydrogen-bond acceptors (Lipinski definition) is 3. The average Bonchev–Trinajstić information content (AvgIpc) is 2.25. The molecule has 2 rings (SSSR count). The van der Waals surface area contributed by atoms with Crippen molar-refractivity contribution >= 4 is 28.8 Å². The number of aromatic nitrogens is 1. The van der Waals surface area contributed by atoms with Gasteiger partial charge in [0.25, 0.3) is 0 Å². The third-order valence-corrected chi connectivity index (χ3v) is 2.60. The van der Waals surface area contributed by atoms with Gasteiger partial charge in [-0.15, -0.1) is 0 Å². The van der Waals surface area contributed by atoms with E-state index in [2.05, 4.69) is 10.3 Å². The topological polar surface area (TPSA) is 50.9 Å². The summed E-state index contributed by atoms with van der Waals surface area (Å²) in [6, 6.07) is 3.43. The highest BCUT2D eigenvalue weighted by molar-refractivity contribution is 6.33. The molecule has 94 valence electrons. The Morgan fingerprint density at radius 1 is 1.28 bits per heavy atom. The van der Waals surface area contributed by atoms with Crippen LogP contribution in [0, 0.1) is 18.6 Å². The Hall–Kier alpha value is -1.88. The standard InChI is InChI=1S/C12H10ClF2N3/c1-6-2-10(16)12(17-5-6)18-11-8(13)3-7(14)4-9(11)15/h2-5H,16H2,1H3,(H,17,18). The zero-order chi connectivity index (χ0) is 13.3. The summed E-state index contributed by atoms with van der Waals surface area (Å²) < 4.78 is 26.4. The average molecular weight is 270 g/mol. The largest absolute Gasteiger partial charge is 0.396 e. The molecular formula is C12H10ClF2N3. The molecule has 2 aromatic rings. The minimum absolute atomic E-state index is 0.0545. The molecule has 0 atom stereocenters. The van der Waals surface area contributed by atoms with Crippen molar-refractivity contribution in [1.82, 2.24) is 4.98 Å². The second-order valence-corrected chi connectivity index (χ2v) is 4.23. The van der Waals surface area contributed by atoms with Gasteiger partial charge < -0.3 is 11.1 Å². The van der Waals surface area contributed by atoms with Crippen LogP contribution in [0.25, 0.3) is 0 Å². The van der Waals surface area contributed by atoms with Gasteiger partial charge in [0.05, 0.1) is 16.4 Å². The first-order valence-corrected chi connectivity index (χ1v) is 5.49. The molecule has 3 nitrogen and oxygen atoms in total. The van der Waals surface area contributed by atoms with E-state index in [1.54, 1.807) is 12.3 Å². The molecule has 0 unspecified atom stereocenters. The summed E-state index contributed by atoms with van der Waals surface area (Å²) in [7, 11) is 0. The van der Waals surface area contributed by atoms with Crippen molar-refractivity contribution < 1.29 is 8.78 Å². The monoisotopic (exact) mass is 269 g/mol. The van der Waals surface area contributed by atoms with Gasteiger partial charge in [0.2, 0.25) is 0 Å². The van der Waals surface area contributed by atoms with E-state index < -0.39 is 11.6 Å². The summed E-state index contributed by atoms with van der Waals surface area (Å²) in [5, 5.41) is 2.58. The number of nitrogens with two attached hydrogens (primary N) is 1. The summed E-state index contributed by atoms with van der Waals surface area (Å²) in [6.07, 6.45) is 1.58. The molecule has 1 aromatic carbocycles. The molecule has 0 saturated carbocycles. The maximum atomic E-state index is 13.6. The van der Waals surface area contributed by atoms with Crippen LogP contribution in [0.4, 0.5) is 26.0 Å². The number of anilines is 3. The van der Waals surface area contributed by atoms with Crippen molar-refractivity contribution in [3.05, 3.63) is 46.6 Å². The van der Waals surface area contributed by atoms with Crippen molar-refractivity contribution in [3.63, 3.8) is 0 Å². The number of hydrogen-bond donors (Lipinski definition) is 2. The Bertz CT molecular complexity index is 579. The Balaban J connectivity index is 2.40. The predicted molar refractivity (Wildman–Crippen MR) is 68.0 cm³/mol. The van der Waals surface area contributed by atoms with Crippen LogP contribution in [-0.4, -0.2) is 4.98 Å². The van der Waals surface area contributed by atoms with Crippen molar-refractivity contribution in [2.45, 2.75) is 6.92 Å². The van der Waals surface area contributed by atoms with E-state index >= 15 is 0 Å². The highest BCUT2D eigenvalue weighted by atomic mass is 35.5. The lowest BCUT2D eigenvalue weighted by atomic mass is 10.2. The molecule has 18 heavy (non-hydrogen) atoms. The fourth-order valence-electron chi connectivity index (χ4n) is 1.48. The molecule has 1 heterocycles. The van der Waals surface area contributed by atoms with Crippen molar-refractivity contribution in [2.24, 2.45) is 0 Å². The van der Waals surface area contributed by atoms with Crippen LogP contribution in [0.3, 0.4) is 0 Å². The quantitative estimate of drug-likeness (QED) is 0.875. The Morgan fingerprint density at radius 2 is 2.00 bits per heavy atom. The zero-order valence-corrected chi connectivity index (χ0v) is 10.2. The van der Waals surface area contributed by atoms with Gasteiger partial charge in [0.15, 0.2) is 11.6 Å². The van der Waals surface area contributed by atoms with E-state index in [0.29, 0.717) is 5.69 Å². The van der Waals surface area contributed by atoms with Gasteiger partial charge in [-0.1, -0.05) is 11.6 Å². The molecular weight excluding hydrogens is 260 g/mol. The molecule has 0 amide bonds. The van der Waals surface area contributed by atoms with Crippen LogP contribution in [-0.2, 0) is 0 Å². The third-order valence-electron chi connectivity index (χ3n) is 2.30. The fourth-order valence-corrected chi connectivity index (χ4v) is 1.72. The Kier molecular flexibility index (Phi) is 3.34. The van der Waals surface area contributed by atoms with Crippen LogP contribution in [0.1, 0.15) is 5.56 Å². The molecule has 0 aliphatic carbocycles. The Morgan fingerprint density at radius 3 is 2.61 bits per heavy atom. The van der Waals surface area contributed by atoms with Gasteiger partial charge in [0, 0.05) is 12.3 Å². The molecule has 0 aliphatic rings. The molecule has 1 aromatic heterocycles. The van der Waals surface area contributed by atoms with Gasteiger partial charge in [-0.25, -0.2) is 13.8 Å². The molecule has 0 aliphatic heterocycles. The summed E-state index contributed by atoms with van der Waals surface area (Å²) >= 11 is 5.76. The van der Waals surface area contributed by atoms with Gasteiger partial charge in [-0.05, 0) is 24.6 Å². The number of nitrogens with one attached hydrogen (secondary N) is 1. The van der Waals surface area contributed by atoms with E-state index in [-0.39, 0.29) is 16.5 Å². The third kappa shape index (κ3) is 2.51. The van der Waals surface area contributed by atoms with Gasteiger partial charge >= 0.3 is 0 Å². The van der Waals surface area contributed by atoms with Crippen molar-refractivity contribution in [3.8, 4) is 0 Å². The van der Waals surface area contributed by atoms with E-state index in [1.165, 1.54) is 0 Å². The first kappa shape index (κ1) is 12.6. The number of nitrogens with zero attached hydrogens (tertiary/aromatic N) is 1. The van der Waals surface area contributed by atoms with Crippen LogP contribution in [0.5, 0.6) is 0 Å². The van der Waals surface area contributed by atoms with Crippen LogP contribution >= 0.6 is 11.6 Å². The van der Waals surface area contributed by atoms with Gasteiger partial charge in [-0.3, -0.25) is 0 Å². The highest BCUT2D eigenvalue weighted by Gasteiger charge is 2.12. The van der Waals surface area contributed by atoms with Crippen molar-refractivity contribution in [1.29, 1.82) is 0 Å². The number of nitrogen functional groups attached to an aromatic ring is 1. The number of halogens is 3. The lowest BCUT2D eigenvalue weighted by Gasteiger charge is -2.11. The number of pyridine rings is 1. The smallest absolute Gasteiger partial charge is 0.153 e. The Labute approximate surface area is 108 Å². The van der Waals surface area contributed by atoms with Crippen molar-refractivity contribution in [2.75, 3.05) is 11.1 Å². The van der Waals surface area contributed by atoms with E-state index in [0.717, 1.165) is 17.7 Å². The van der Waals surface area contributed by atoms with Crippen LogP contribution in [0.15, 0.2) is 24.4 Å². The molecule has 6 heteroatoms. The maximum Gasteiger partial charge on any atom is 0.153 e. The summed E-state index contributed by atoms with van der Waals surface area (Å²) in [6.45, 7) is 1.83. The molecule has 0 saturated heterocycles. The predicted octanol–water partition coefficient (Wildman–Crippen LogP) is 3.65. The summed E-state index contributed by atoms with van der Waals surface area (Å²) in [5.74, 6) is -1.28. The SMILES string of the molecule is Cc1cnc(Nc2c(F)cc(F)cc2Cl)c(N)c1. The normalized spacial score (nSPS) is 10.4. The zero-order valence-electron chi connectivity index (χ0n) is 9.47. The van der Waals surface area contributed by atoms with Crippen LogP contribution < -0.4 is 11.1 Å². The maximum absolute atomic E-state index is 13.6. The molecule has 0 bridgehead atoms. The van der Waals surface area contributed by atoms with Gasteiger partial charge in [0.1, 0.15) is 5.82 Å². The van der Waals surface area contributed by atoms with Gasteiger partial charge in [-0.2, -0.15) is 0 Å². The number of aryl methyl sites for hydroxylation is 1. The molecule has 0 fully saturated rings. The lowest BCUT2D eigenvalue weighted by Crippen LogP contribution is -2.02. The highest BCUT2D eigenvalue weighted by Crippen LogP contribution is 2.30. The minimum atomic E-state index is -0.804. The summed E-state index contributed by atoms with van der Waals surface area (Å²) in [4.78, 5) is 4.02. The minimum Gasteiger partial charge on any atom is -0.396 e. The molecule has 0 radical (unpaired) electrons. The van der Waals surface area contributed by atoms with Crippen LogP contribution in [0.2, 0.25) is 5.02 Å². The molecule has 0 spiro atoms. The number of benzene rings is 1. The first-order chi connectivity index (χ1) is 8.47. The fraction of sp³-hybridized carbons (Fsp3) is 0.0833. The van der Waals surface area contributed by atoms with E-state index in [9.17, 15) is 8.78 Å². The lowest BCUT2D eigenvalue weighted by molar-refractivity contribution is 0.586. The van der Waals surface area contributed by atoms with E-state index in [4.69, 9.17) is 17.3 Å². The summed E-state index contributed by atoms with van der Waals surface area (Å²) in [5.41, 5.74) is 6.91. The first-order valence-electron chi connectivity index (χ1n) is 5.11. The number of rotatable bonds is 2. The van der Waals surface area contributed by atoms with E-state index in [1.807, 2.05) is 6.92 Å².